The number of aromatic hydroxyl groups is 1. The van der Waals surface area contributed by atoms with Crippen LogP contribution in [-0.2, 0) is 0 Å². The SMILES string of the molecule is [2H]N(CCCN1C([2H])([2H])C([2H])([2H])C([2H])(C)C([2H])([2H])C1([2H])[2H])C(=O)c1c(O)c2ccsc2n(C([2H])(C)C([2H])([2H])[2H])c1=O. The minimum absolute atomic E-state index is 0.0892. The van der Waals surface area contributed by atoms with Gasteiger partial charge in [-0.05, 0) is 69.8 Å². The van der Waals surface area contributed by atoms with Crippen LogP contribution in [0.5, 0.6) is 5.75 Å². The Bertz CT molecular complexity index is 1390. The number of rotatable bonds is 6. The molecule has 0 aromatic carbocycles. The van der Waals surface area contributed by atoms with Crippen LogP contribution in [0.4, 0.5) is 0 Å². The number of aromatic nitrogens is 1. The first kappa shape index (κ1) is 8.66. The first-order valence-electron chi connectivity index (χ1n) is 15.1. The molecule has 1 unspecified atom stereocenters. The number of hydrogen-bond donors (Lipinski definition) is 2. The zero-order valence-corrected chi connectivity index (χ0v) is 15.6. The number of fused-ring (bicyclic) bond motifs is 1. The van der Waals surface area contributed by atoms with E-state index in [2.05, 4.69) is 0 Å². The van der Waals surface area contributed by atoms with Crippen LogP contribution < -0.4 is 10.9 Å². The second-order valence-electron chi connectivity index (χ2n) is 5.88. The molecule has 2 aromatic heterocycles. The van der Waals surface area contributed by atoms with Gasteiger partial charge in [-0.1, -0.05) is 6.92 Å². The Hall–Kier alpha value is -1.86. The van der Waals surface area contributed by atoms with E-state index in [1.807, 2.05) is 0 Å². The summed E-state index contributed by atoms with van der Waals surface area (Å²) < 4.78 is 114. The van der Waals surface area contributed by atoms with Crippen molar-refractivity contribution in [1.29, 1.82) is 0 Å². The average Bonchev–Trinajstić information content (AvgIpc) is 3.28. The van der Waals surface area contributed by atoms with Gasteiger partial charge < -0.3 is 15.3 Å². The van der Waals surface area contributed by atoms with Gasteiger partial charge in [-0.15, -0.1) is 11.3 Å². The lowest BCUT2D eigenvalue weighted by Gasteiger charge is -2.30. The number of carbonyl (C=O) groups excluding carboxylic acids is 1. The van der Waals surface area contributed by atoms with E-state index in [1.54, 1.807) is 0 Å². The van der Waals surface area contributed by atoms with Gasteiger partial charge in [0.15, 0.2) is 1.41 Å². The Morgan fingerprint density at radius 3 is 3.07 bits per heavy atom. The number of nitrogens with one attached hydrogen (secondary N) is 1. The third kappa shape index (κ3) is 4.19. The zero-order valence-electron chi connectivity index (χ0n) is 28.8. The van der Waals surface area contributed by atoms with E-state index in [1.165, 1.54) is 11.4 Å². The molecule has 6 nitrogen and oxygen atoms in total. The van der Waals surface area contributed by atoms with Gasteiger partial charge in [0.25, 0.3) is 11.5 Å². The monoisotopic (exact) mass is 405 g/mol. The average molecular weight is 406 g/mol. The van der Waals surface area contributed by atoms with Crippen molar-refractivity contribution in [2.75, 3.05) is 26.1 Å². The summed E-state index contributed by atoms with van der Waals surface area (Å²) >= 11 is 0.853. The molecule has 3 rings (SSSR count). The van der Waals surface area contributed by atoms with Gasteiger partial charge in [-0.3, -0.25) is 14.2 Å². The highest BCUT2D eigenvalue weighted by atomic mass is 32.1. The Kier molecular flexibility index (Phi) is 2.71. The van der Waals surface area contributed by atoms with Crippen LogP contribution in [0.2, 0.25) is 1.41 Å². The van der Waals surface area contributed by atoms with Crippen molar-refractivity contribution >= 4 is 27.5 Å². The third-order valence-corrected chi connectivity index (χ3v) is 4.76. The molecule has 0 saturated carbocycles. The van der Waals surface area contributed by atoms with Gasteiger partial charge in [-0.2, -0.15) is 0 Å². The number of likely N-dealkylation sites (tertiary alicyclic amines) is 1. The molecule has 7 heteroatoms. The van der Waals surface area contributed by atoms with E-state index in [4.69, 9.17) is 19.2 Å². The summed E-state index contributed by atoms with van der Waals surface area (Å²) in [6, 6.07) is -1.27. The Morgan fingerprint density at radius 2 is 2.37 bits per heavy atom. The van der Waals surface area contributed by atoms with Crippen LogP contribution >= 0.6 is 11.3 Å². The lowest BCUT2D eigenvalue weighted by atomic mass is 9.99. The van der Waals surface area contributed by atoms with Crippen molar-refractivity contribution < 1.29 is 29.1 Å². The third-order valence-electron chi connectivity index (χ3n) is 3.86. The maximum atomic E-state index is 13.3. The van der Waals surface area contributed by atoms with Crippen molar-refractivity contribution in [3.63, 3.8) is 0 Å². The maximum Gasteiger partial charge on any atom is 0.268 e. The number of pyridine rings is 1. The topological polar surface area (TPSA) is 74.6 Å². The predicted octanol–water partition coefficient (Wildman–Crippen LogP) is 3.20. The normalized spacial score (nSPS) is 35.2. The lowest BCUT2D eigenvalue weighted by molar-refractivity contribution is 0.0946. The molecule has 1 fully saturated rings. The quantitative estimate of drug-likeness (QED) is 0.774. The van der Waals surface area contributed by atoms with Gasteiger partial charge >= 0.3 is 0 Å². The smallest absolute Gasteiger partial charge is 0.268 e. The number of nitrogens with zero attached hydrogens (tertiary/aromatic N) is 2. The van der Waals surface area contributed by atoms with E-state index in [-0.39, 0.29) is 20.4 Å². The summed E-state index contributed by atoms with van der Waals surface area (Å²) in [5.41, 5.74) is -2.33. The second-order valence-corrected chi connectivity index (χ2v) is 6.77. The van der Waals surface area contributed by atoms with E-state index in [9.17, 15) is 14.7 Å². The second kappa shape index (κ2) is 8.44. The molecule has 1 aliphatic rings. The molecule has 1 atom stereocenters. The van der Waals surface area contributed by atoms with Crippen molar-refractivity contribution in [2.45, 2.75) is 45.9 Å². The lowest BCUT2D eigenvalue weighted by Crippen LogP contribution is -2.37. The minimum Gasteiger partial charge on any atom is -0.506 e. The van der Waals surface area contributed by atoms with Gasteiger partial charge in [0.1, 0.15) is 16.1 Å². The fourth-order valence-corrected chi connectivity index (χ4v) is 3.50. The van der Waals surface area contributed by atoms with Gasteiger partial charge in [0.2, 0.25) is 0 Å². The number of hydrogen-bond acceptors (Lipinski definition) is 5. The first-order chi connectivity index (χ1) is 18.2. The van der Waals surface area contributed by atoms with Crippen molar-refractivity contribution in [2.24, 2.45) is 5.89 Å². The first-order valence-corrected chi connectivity index (χ1v) is 9.05. The number of thiophene rings is 1. The largest absolute Gasteiger partial charge is 0.506 e. The fraction of sp³-hybridized carbons (Fsp3) is 0.600. The molecule has 1 amide bonds. The minimum atomic E-state index is -3.20. The molecular formula is C20H29N3O3S. The van der Waals surface area contributed by atoms with Gasteiger partial charge in [-0.25, -0.2) is 0 Å². The Labute approximate surface area is 183 Å². The molecule has 0 radical (unpaired) electrons. The summed E-state index contributed by atoms with van der Waals surface area (Å²) in [7, 11) is 0. The van der Waals surface area contributed by atoms with Gasteiger partial charge in [0.05, 0.1) is 6.76 Å². The Morgan fingerprint density at radius 1 is 1.63 bits per heavy atom. The van der Waals surface area contributed by atoms with Crippen LogP contribution in [0.25, 0.3) is 10.2 Å². The molecule has 0 spiro atoms. The van der Waals surface area contributed by atoms with Crippen molar-refractivity contribution in [3.05, 3.63) is 27.4 Å². The molecule has 0 bridgehead atoms. The van der Waals surface area contributed by atoms with Crippen LogP contribution in [-0.4, -0.2) is 46.6 Å². The number of amides is 1. The summed E-state index contributed by atoms with van der Waals surface area (Å²) in [6.07, 6.45) is -6.84. The van der Waals surface area contributed by atoms with E-state index < -0.39 is 86.8 Å². The summed E-state index contributed by atoms with van der Waals surface area (Å²) in [6.45, 7) is -9.08. The highest BCUT2D eigenvalue weighted by Gasteiger charge is 2.23. The van der Waals surface area contributed by atoms with Crippen LogP contribution in [0, 0.1) is 5.89 Å². The van der Waals surface area contributed by atoms with E-state index in [0.717, 1.165) is 25.2 Å². The molecule has 0 aliphatic carbocycles. The fourth-order valence-electron chi connectivity index (χ4n) is 2.55. The standard InChI is InChI=1S/C20H29N3O3S/c1-13(2)23-19(26)16(17(24)15-7-12-27-20(15)23)18(25)21-8-4-9-22-10-5-14(3)6-11-22/h7,12-14,24H,4-6,8-11H2,1-3H3,(H,21,25)/i1D3,5D2,6D2,10D2,11D2,13D,14D/hD. The summed E-state index contributed by atoms with van der Waals surface area (Å²) in [5.74, 6) is -5.09. The molecule has 1 saturated heterocycles. The van der Waals surface area contributed by atoms with Gasteiger partial charge in [0, 0.05) is 29.0 Å². The van der Waals surface area contributed by atoms with Crippen molar-refractivity contribution in [3.8, 4) is 5.75 Å². The van der Waals surface area contributed by atoms with E-state index in [0.29, 0.717) is 4.57 Å². The van der Waals surface area contributed by atoms with Crippen LogP contribution in [0.3, 0.4) is 0 Å². The van der Waals surface area contributed by atoms with Crippen molar-refractivity contribution in [1.82, 2.24) is 14.8 Å². The molecule has 1 aliphatic heterocycles. The molecular weight excluding hydrogens is 362 g/mol. The predicted molar refractivity (Wildman–Crippen MR) is 110 cm³/mol. The summed E-state index contributed by atoms with van der Waals surface area (Å²) in [4.78, 5) is 26.7. The number of piperidine rings is 1. The summed E-state index contributed by atoms with van der Waals surface area (Å²) in [5, 5.41) is 12.2. The van der Waals surface area contributed by atoms with E-state index >= 15 is 0 Å². The molecule has 2 N–H and O–H groups in total. The highest BCUT2D eigenvalue weighted by Crippen LogP contribution is 2.31. The Balaban J connectivity index is 1.95. The highest BCUT2D eigenvalue weighted by molar-refractivity contribution is 7.16. The van der Waals surface area contributed by atoms with Crippen LogP contribution in [0.1, 0.15) is 74.1 Å². The molecule has 3 heterocycles. The zero-order chi connectivity index (χ0) is 31.9. The molecule has 2 aromatic rings. The number of carbonyl (C=O) groups is 1. The maximum absolute atomic E-state index is 13.3. The van der Waals surface area contributed by atoms with Crippen LogP contribution in [0.15, 0.2) is 16.2 Å². The molecule has 27 heavy (non-hydrogen) atoms. The molecule has 148 valence electrons.